The van der Waals surface area contributed by atoms with E-state index in [4.69, 9.17) is 9.47 Å². The Kier molecular flexibility index (Phi) is 7.72. The van der Waals surface area contributed by atoms with Crippen LogP contribution < -0.4 is 4.74 Å². The molecule has 2 aromatic carbocycles. The number of hydrogen-bond donors (Lipinski definition) is 0. The summed E-state index contributed by atoms with van der Waals surface area (Å²) in [5.74, 6) is 0.491. The highest BCUT2D eigenvalue weighted by Gasteiger charge is 2.53. The van der Waals surface area contributed by atoms with E-state index in [0.29, 0.717) is 11.3 Å². The highest BCUT2D eigenvalue weighted by Crippen LogP contribution is 2.51. The summed E-state index contributed by atoms with van der Waals surface area (Å²) in [7, 11) is 3.68. The van der Waals surface area contributed by atoms with Crippen LogP contribution in [0, 0.1) is 5.92 Å². The monoisotopic (exact) mass is 476 g/mol. The predicted octanol–water partition coefficient (Wildman–Crippen LogP) is 4.31. The molecule has 1 unspecified atom stereocenters. The van der Waals surface area contributed by atoms with Crippen molar-refractivity contribution in [2.45, 2.75) is 43.7 Å². The molecule has 1 amide bonds. The van der Waals surface area contributed by atoms with E-state index >= 15 is 0 Å². The summed E-state index contributed by atoms with van der Waals surface area (Å²) in [6.45, 7) is 8.01. The molecule has 1 aliphatic carbocycles. The molecule has 4 rings (SSSR count). The molecule has 186 valence electrons. The molecule has 4 atom stereocenters. The van der Waals surface area contributed by atoms with Gasteiger partial charge in [0.1, 0.15) is 5.75 Å². The van der Waals surface area contributed by atoms with E-state index in [2.05, 4.69) is 17.5 Å². The number of likely N-dealkylation sites (tertiary alicyclic amines) is 1. The van der Waals surface area contributed by atoms with Gasteiger partial charge in [0.25, 0.3) is 5.91 Å². The SMILES string of the molecule is C=CCN1CC[C@@]2(c3cccc(OC(C)=O)c3)C[C@@H](N(C)C(=O)c3ccccc3)CC(OC)[C@@H]2C1. The van der Waals surface area contributed by atoms with Gasteiger partial charge in [0.15, 0.2) is 0 Å². The molecule has 0 bridgehead atoms. The zero-order chi connectivity index (χ0) is 25.0. The lowest BCUT2D eigenvalue weighted by Crippen LogP contribution is -2.61. The third-order valence-corrected chi connectivity index (χ3v) is 7.84. The van der Waals surface area contributed by atoms with Crippen LogP contribution >= 0.6 is 0 Å². The smallest absolute Gasteiger partial charge is 0.308 e. The van der Waals surface area contributed by atoms with Crippen LogP contribution in [0.5, 0.6) is 5.75 Å². The van der Waals surface area contributed by atoms with Gasteiger partial charge in [0.05, 0.1) is 6.10 Å². The first kappa shape index (κ1) is 25.1. The second kappa shape index (κ2) is 10.8. The Hall–Kier alpha value is -2.96. The Balaban J connectivity index is 1.72. The lowest BCUT2D eigenvalue weighted by Gasteiger charge is -2.56. The summed E-state index contributed by atoms with van der Waals surface area (Å²) in [6, 6.07) is 17.4. The van der Waals surface area contributed by atoms with Crippen LogP contribution in [0.15, 0.2) is 67.3 Å². The number of methoxy groups -OCH3 is 1. The Morgan fingerprint density at radius 1 is 1.20 bits per heavy atom. The highest BCUT2D eigenvalue weighted by molar-refractivity contribution is 5.94. The summed E-state index contributed by atoms with van der Waals surface area (Å²) in [5.41, 5.74) is 1.63. The minimum atomic E-state index is -0.332. The van der Waals surface area contributed by atoms with Gasteiger partial charge in [-0.3, -0.25) is 14.5 Å². The molecule has 35 heavy (non-hydrogen) atoms. The largest absolute Gasteiger partial charge is 0.427 e. The summed E-state index contributed by atoms with van der Waals surface area (Å²) >= 11 is 0. The number of ether oxygens (including phenoxy) is 2. The number of benzene rings is 2. The normalized spacial score (nSPS) is 26.4. The van der Waals surface area contributed by atoms with E-state index in [-0.39, 0.29) is 35.4 Å². The van der Waals surface area contributed by atoms with Gasteiger partial charge in [-0.25, -0.2) is 0 Å². The quantitative estimate of drug-likeness (QED) is 0.339. The minimum absolute atomic E-state index is 0.00947. The van der Waals surface area contributed by atoms with Crippen molar-refractivity contribution in [2.75, 3.05) is 33.8 Å². The molecule has 2 aromatic rings. The Morgan fingerprint density at radius 3 is 2.66 bits per heavy atom. The van der Waals surface area contributed by atoms with E-state index in [9.17, 15) is 9.59 Å². The second-order valence-electron chi connectivity index (χ2n) is 9.83. The number of piperidine rings is 1. The van der Waals surface area contributed by atoms with E-state index in [1.165, 1.54) is 6.92 Å². The summed E-state index contributed by atoms with van der Waals surface area (Å²) < 4.78 is 11.6. The van der Waals surface area contributed by atoms with Crippen LogP contribution in [0.2, 0.25) is 0 Å². The molecule has 1 saturated carbocycles. The Morgan fingerprint density at radius 2 is 1.97 bits per heavy atom. The van der Waals surface area contributed by atoms with Crippen molar-refractivity contribution in [3.05, 3.63) is 78.4 Å². The van der Waals surface area contributed by atoms with Crippen molar-refractivity contribution < 1.29 is 19.1 Å². The zero-order valence-electron chi connectivity index (χ0n) is 21.0. The van der Waals surface area contributed by atoms with Crippen molar-refractivity contribution in [1.82, 2.24) is 9.80 Å². The number of rotatable bonds is 7. The average molecular weight is 477 g/mol. The first-order valence-corrected chi connectivity index (χ1v) is 12.3. The van der Waals surface area contributed by atoms with Gasteiger partial charge in [-0.2, -0.15) is 0 Å². The van der Waals surface area contributed by atoms with Gasteiger partial charge >= 0.3 is 5.97 Å². The highest BCUT2D eigenvalue weighted by atomic mass is 16.5. The molecule has 0 radical (unpaired) electrons. The molecule has 0 aromatic heterocycles. The molecule has 0 spiro atoms. The van der Waals surface area contributed by atoms with Gasteiger partial charge in [0, 0.05) is 57.1 Å². The van der Waals surface area contributed by atoms with E-state index in [1.807, 2.05) is 66.6 Å². The van der Waals surface area contributed by atoms with Crippen molar-refractivity contribution >= 4 is 11.9 Å². The maximum Gasteiger partial charge on any atom is 0.308 e. The molecule has 1 heterocycles. The number of amides is 1. The molecular formula is C29H36N2O4. The van der Waals surface area contributed by atoms with Gasteiger partial charge in [0.2, 0.25) is 0 Å². The van der Waals surface area contributed by atoms with Gasteiger partial charge < -0.3 is 14.4 Å². The van der Waals surface area contributed by atoms with Gasteiger partial charge in [-0.1, -0.05) is 36.4 Å². The molecular weight excluding hydrogens is 440 g/mol. The fraction of sp³-hybridized carbons (Fsp3) is 0.448. The van der Waals surface area contributed by atoms with Crippen LogP contribution in [0.4, 0.5) is 0 Å². The van der Waals surface area contributed by atoms with Gasteiger partial charge in [-0.15, -0.1) is 6.58 Å². The molecule has 1 saturated heterocycles. The summed E-state index contributed by atoms with van der Waals surface area (Å²) in [4.78, 5) is 29.3. The van der Waals surface area contributed by atoms with E-state index in [0.717, 1.165) is 44.5 Å². The summed E-state index contributed by atoms with van der Waals surface area (Å²) in [5, 5.41) is 0. The number of carbonyl (C=O) groups excluding carboxylic acids is 2. The molecule has 2 fully saturated rings. The fourth-order valence-electron chi connectivity index (χ4n) is 6.12. The van der Waals surface area contributed by atoms with E-state index in [1.54, 1.807) is 7.11 Å². The second-order valence-corrected chi connectivity index (χ2v) is 9.83. The molecule has 6 nitrogen and oxygen atoms in total. The maximum atomic E-state index is 13.4. The molecule has 6 heteroatoms. The van der Waals surface area contributed by atoms with Crippen LogP contribution in [-0.2, 0) is 14.9 Å². The van der Waals surface area contributed by atoms with Crippen LogP contribution in [-0.4, -0.2) is 67.6 Å². The third-order valence-electron chi connectivity index (χ3n) is 7.84. The predicted molar refractivity (Wildman–Crippen MR) is 137 cm³/mol. The summed E-state index contributed by atoms with van der Waals surface area (Å²) in [6.07, 6.45) is 4.49. The lowest BCUT2D eigenvalue weighted by atomic mass is 9.56. The van der Waals surface area contributed by atoms with Crippen molar-refractivity contribution in [1.29, 1.82) is 0 Å². The topological polar surface area (TPSA) is 59.1 Å². The Bertz CT molecular complexity index is 1060. The standard InChI is InChI=1S/C29H36N2O4/c1-5-15-31-16-14-29(23-12-9-13-25(17-23)35-21(2)32)19-24(18-27(34-4)26(29)20-31)30(3)28(33)22-10-7-6-8-11-22/h5-13,17,24,26-27H,1,14-16,18-20H2,2-4H3/t24-,26-,27?,29-/m0/s1. The Labute approximate surface area is 208 Å². The van der Waals surface area contributed by atoms with Crippen molar-refractivity contribution in [3.63, 3.8) is 0 Å². The maximum absolute atomic E-state index is 13.4. The lowest BCUT2D eigenvalue weighted by molar-refractivity contribution is -0.131. The zero-order valence-corrected chi connectivity index (χ0v) is 21.0. The van der Waals surface area contributed by atoms with Gasteiger partial charge in [-0.05, 0) is 55.6 Å². The number of fused-ring (bicyclic) bond motifs is 1. The first-order valence-electron chi connectivity index (χ1n) is 12.3. The minimum Gasteiger partial charge on any atom is -0.427 e. The van der Waals surface area contributed by atoms with Crippen molar-refractivity contribution in [2.24, 2.45) is 5.92 Å². The molecule has 2 aliphatic rings. The van der Waals surface area contributed by atoms with Crippen LogP contribution in [0.3, 0.4) is 0 Å². The molecule has 0 N–H and O–H groups in total. The number of esters is 1. The number of nitrogens with zero attached hydrogens (tertiary/aromatic N) is 2. The number of hydrogen-bond acceptors (Lipinski definition) is 5. The third kappa shape index (κ3) is 5.19. The first-order chi connectivity index (χ1) is 16.9. The van der Waals surface area contributed by atoms with Crippen molar-refractivity contribution in [3.8, 4) is 5.75 Å². The van der Waals surface area contributed by atoms with E-state index < -0.39 is 0 Å². The fourth-order valence-corrected chi connectivity index (χ4v) is 6.12. The van der Waals surface area contributed by atoms with Crippen LogP contribution in [0.1, 0.15) is 42.1 Å². The van der Waals surface area contributed by atoms with Crippen LogP contribution in [0.25, 0.3) is 0 Å². The number of carbonyl (C=O) groups is 2. The average Bonchev–Trinajstić information content (AvgIpc) is 2.87. The molecule has 1 aliphatic heterocycles.